The summed E-state index contributed by atoms with van der Waals surface area (Å²) in [6.07, 6.45) is 2.54. The highest BCUT2D eigenvalue weighted by Gasteiger charge is 2.26. The van der Waals surface area contributed by atoms with E-state index in [-0.39, 0.29) is 18.2 Å². The van der Waals surface area contributed by atoms with Crippen LogP contribution in [0, 0.1) is 11.6 Å². The number of hydrogen-bond acceptors (Lipinski definition) is 4. The second kappa shape index (κ2) is 7.30. The summed E-state index contributed by atoms with van der Waals surface area (Å²) in [5.74, 6) is -0.527. The number of benzene rings is 2. The second-order valence-corrected chi connectivity index (χ2v) is 6.55. The molecule has 144 valence electrons. The van der Waals surface area contributed by atoms with Crippen LogP contribution in [0.2, 0.25) is 0 Å². The van der Waals surface area contributed by atoms with E-state index in [0.29, 0.717) is 18.1 Å². The van der Waals surface area contributed by atoms with Gasteiger partial charge in [0.15, 0.2) is 12.4 Å². The number of amides is 1. The average Bonchev–Trinajstić information content (AvgIpc) is 3.11. The van der Waals surface area contributed by atoms with Crippen molar-refractivity contribution in [3.8, 4) is 11.4 Å². The van der Waals surface area contributed by atoms with Gasteiger partial charge in [-0.25, -0.2) is 13.5 Å². The fraction of sp³-hybridized carbons (Fsp3) is 0.200. The first-order valence-corrected chi connectivity index (χ1v) is 8.81. The van der Waals surface area contributed by atoms with Crippen molar-refractivity contribution >= 4 is 11.7 Å². The number of halogens is 2. The molecule has 0 saturated heterocycles. The van der Waals surface area contributed by atoms with Crippen LogP contribution < -0.4 is 15.8 Å². The van der Waals surface area contributed by atoms with Gasteiger partial charge < -0.3 is 15.8 Å². The number of nitrogens with zero attached hydrogens (tertiary/aromatic N) is 2. The van der Waals surface area contributed by atoms with Gasteiger partial charge in [-0.1, -0.05) is 12.1 Å². The van der Waals surface area contributed by atoms with Gasteiger partial charge in [0.1, 0.15) is 23.1 Å². The first-order chi connectivity index (χ1) is 13.5. The smallest absolute Gasteiger partial charge is 0.255 e. The molecule has 1 amide bonds. The molecule has 0 radical (unpaired) electrons. The zero-order valence-electron chi connectivity index (χ0n) is 14.9. The van der Waals surface area contributed by atoms with Crippen LogP contribution in [0.15, 0.2) is 48.7 Å². The van der Waals surface area contributed by atoms with E-state index in [1.165, 1.54) is 16.8 Å². The van der Waals surface area contributed by atoms with Crippen LogP contribution in [0.4, 0.5) is 14.6 Å². The summed E-state index contributed by atoms with van der Waals surface area (Å²) in [4.78, 5) is 10.8. The van der Waals surface area contributed by atoms with Gasteiger partial charge in [0, 0.05) is 24.1 Å². The van der Waals surface area contributed by atoms with Gasteiger partial charge in [-0.2, -0.15) is 5.10 Å². The summed E-state index contributed by atoms with van der Waals surface area (Å²) < 4.78 is 34.2. The summed E-state index contributed by atoms with van der Waals surface area (Å²) in [6, 6.07) is 10.8. The van der Waals surface area contributed by atoms with Crippen LogP contribution in [-0.2, 0) is 4.79 Å². The summed E-state index contributed by atoms with van der Waals surface area (Å²) in [6.45, 7) is 0.513. The molecule has 28 heavy (non-hydrogen) atoms. The average molecular weight is 384 g/mol. The first-order valence-electron chi connectivity index (χ1n) is 8.81. The number of primary amides is 1. The Balaban J connectivity index is 1.63. The maximum Gasteiger partial charge on any atom is 0.255 e. The van der Waals surface area contributed by atoms with Crippen molar-refractivity contribution in [2.24, 2.45) is 5.73 Å². The maximum atomic E-state index is 14.2. The number of rotatable bonds is 5. The number of aromatic nitrogens is 2. The highest BCUT2D eigenvalue weighted by Crippen LogP contribution is 2.38. The third-order valence-electron chi connectivity index (χ3n) is 4.70. The molecule has 0 saturated carbocycles. The molecule has 8 heteroatoms. The van der Waals surface area contributed by atoms with Crippen LogP contribution in [0.1, 0.15) is 23.5 Å². The van der Waals surface area contributed by atoms with E-state index in [1.807, 2.05) is 12.1 Å². The van der Waals surface area contributed by atoms with Crippen molar-refractivity contribution in [1.29, 1.82) is 0 Å². The largest absolute Gasteiger partial charge is 0.484 e. The van der Waals surface area contributed by atoms with E-state index in [2.05, 4.69) is 10.4 Å². The third-order valence-corrected chi connectivity index (χ3v) is 4.70. The Morgan fingerprint density at radius 1 is 1.25 bits per heavy atom. The summed E-state index contributed by atoms with van der Waals surface area (Å²) in [7, 11) is 0. The lowest BCUT2D eigenvalue weighted by Crippen LogP contribution is -2.20. The molecular formula is C20H18F2N4O2. The monoisotopic (exact) mass is 384 g/mol. The van der Waals surface area contributed by atoms with E-state index in [1.54, 1.807) is 18.3 Å². The third kappa shape index (κ3) is 3.40. The van der Waals surface area contributed by atoms with Crippen molar-refractivity contribution in [2.45, 2.75) is 12.3 Å². The van der Waals surface area contributed by atoms with E-state index >= 15 is 0 Å². The molecule has 4 rings (SSSR count). The van der Waals surface area contributed by atoms with Gasteiger partial charge in [-0.3, -0.25) is 4.79 Å². The molecule has 0 spiro atoms. The molecule has 6 nitrogen and oxygen atoms in total. The lowest BCUT2D eigenvalue weighted by Gasteiger charge is -2.25. The molecule has 3 N–H and O–H groups in total. The van der Waals surface area contributed by atoms with Crippen molar-refractivity contribution in [3.05, 3.63) is 71.4 Å². The number of anilines is 1. The standard InChI is InChI=1S/C20H18F2N4O2/c21-13-3-6-18(17(22)9-13)26-20-16(10-25-26)15(7-8-24-20)12-1-4-14(5-2-12)28-11-19(23)27/h1-6,9-10,15,24H,7-8,11H2,(H2,23,27). The van der Waals surface area contributed by atoms with Crippen LogP contribution in [-0.4, -0.2) is 28.8 Å². The molecule has 1 unspecified atom stereocenters. The van der Waals surface area contributed by atoms with Gasteiger partial charge in [-0.05, 0) is 36.2 Å². The normalized spacial score (nSPS) is 15.6. The summed E-state index contributed by atoms with van der Waals surface area (Å²) in [5.41, 5.74) is 7.25. The number of nitrogens with one attached hydrogen (secondary N) is 1. The minimum atomic E-state index is -0.675. The molecule has 1 atom stereocenters. The topological polar surface area (TPSA) is 82.2 Å². The number of hydrogen-bond donors (Lipinski definition) is 2. The molecule has 1 aliphatic heterocycles. The van der Waals surface area contributed by atoms with E-state index in [9.17, 15) is 13.6 Å². The SMILES string of the molecule is NC(=O)COc1ccc(C2CCNc3c2cnn3-c2ccc(F)cc2F)cc1. The molecule has 0 aliphatic carbocycles. The molecule has 2 heterocycles. The van der Waals surface area contributed by atoms with E-state index in [0.717, 1.165) is 23.6 Å². The van der Waals surface area contributed by atoms with Gasteiger partial charge in [0.05, 0.1) is 6.20 Å². The molecule has 1 aliphatic rings. The maximum absolute atomic E-state index is 14.2. The Hall–Kier alpha value is -3.42. The molecule has 0 bridgehead atoms. The summed E-state index contributed by atoms with van der Waals surface area (Å²) >= 11 is 0. The number of ether oxygens (including phenoxy) is 1. The van der Waals surface area contributed by atoms with Gasteiger partial charge in [0.25, 0.3) is 5.91 Å². The molecule has 2 aromatic carbocycles. The zero-order chi connectivity index (χ0) is 19.7. The molecule has 0 fully saturated rings. The highest BCUT2D eigenvalue weighted by molar-refractivity contribution is 5.75. The summed E-state index contributed by atoms with van der Waals surface area (Å²) in [5, 5.41) is 7.58. The predicted octanol–water partition coefficient (Wildman–Crippen LogP) is 2.96. The van der Waals surface area contributed by atoms with Crippen molar-refractivity contribution in [1.82, 2.24) is 9.78 Å². The first kappa shape index (κ1) is 18.0. The Labute approximate surface area is 159 Å². The van der Waals surface area contributed by atoms with Crippen LogP contribution >= 0.6 is 0 Å². The van der Waals surface area contributed by atoms with E-state index < -0.39 is 17.5 Å². The van der Waals surface area contributed by atoms with Crippen LogP contribution in [0.25, 0.3) is 5.69 Å². The molecule has 3 aromatic rings. The highest BCUT2D eigenvalue weighted by atomic mass is 19.1. The lowest BCUT2D eigenvalue weighted by atomic mass is 9.88. The second-order valence-electron chi connectivity index (χ2n) is 6.55. The zero-order valence-corrected chi connectivity index (χ0v) is 14.9. The van der Waals surface area contributed by atoms with Gasteiger partial charge >= 0.3 is 0 Å². The number of carbonyl (C=O) groups is 1. The fourth-order valence-electron chi connectivity index (χ4n) is 3.42. The Kier molecular flexibility index (Phi) is 4.68. The minimum Gasteiger partial charge on any atom is -0.484 e. The fourth-order valence-corrected chi connectivity index (χ4v) is 3.42. The number of nitrogens with two attached hydrogens (primary N) is 1. The number of fused-ring (bicyclic) bond motifs is 1. The van der Waals surface area contributed by atoms with Crippen molar-refractivity contribution < 1.29 is 18.3 Å². The van der Waals surface area contributed by atoms with Gasteiger partial charge in [0.2, 0.25) is 0 Å². The van der Waals surface area contributed by atoms with Crippen LogP contribution in [0.5, 0.6) is 5.75 Å². The Morgan fingerprint density at radius 2 is 2.04 bits per heavy atom. The Morgan fingerprint density at radius 3 is 2.75 bits per heavy atom. The van der Waals surface area contributed by atoms with E-state index in [4.69, 9.17) is 10.5 Å². The molecular weight excluding hydrogens is 366 g/mol. The number of carbonyl (C=O) groups excluding carboxylic acids is 1. The van der Waals surface area contributed by atoms with Crippen LogP contribution in [0.3, 0.4) is 0 Å². The quantitative estimate of drug-likeness (QED) is 0.709. The Bertz CT molecular complexity index is 1020. The van der Waals surface area contributed by atoms with Gasteiger partial charge in [-0.15, -0.1) is 0 Å². The van der Waals surface area contributed by atoms with Crippen molar-refractivity contribution in [3.63, 3.8) is 0 Å². The predicted molar refractivity (Wildman–Crippen MR) is 99.6 cm³/mol. The molecule has 1 aromatic heterocycles. The van der Waals surface area contributed by atoms with Crippen molar-refractivity contribution in [2.75, 3.05) is 18.5 Å². The lowest BCUT2D eigenvalue weighted by molar-refractivity contribution is -0.119. The minimum absolute atomic E-state index is 0.0682.